The van der Waals surface area contributed by atoms with Gasteiger partial charge in [-0.15, -0.1) is 0 Å². The van der Waals surface area contributed by atoms with E-state index in [4.69, 9.17) is 15.0 Å². The second-order valence-corrected chi connectivity index (χ2v) is 2.22. The number of rotatable bonds is 0. The van der Waals surface area contributed by atoms with Crippen molar-refractivity contribution in [3.05, 3.63) is 0 Å². The molecule has 1 saturated heterocycles. The molecule has 0 atom stereocenters. The van der Waals surface area contributed by atoms with E-state index in [0.717, 1.165) is 0 Å². The third-order valence-corrected chi connectivity index (χ3v) is 1.14. The zero-order chi connectivity index (χ0) is 11.0. The van der Waals surface area contributed by atoms with Crippen LogP contribution in [0.2, 0.25) is 0 Å². The molecule has 80 valence electrons. The molecule has 0 radical (unpaired) electrons. The van der Waals surface area contributed by atoms with Gasteiger partial charge in [-0.2, -0.15) is 0 Å². The third-order valence-electron chi connectivity index (χ3n) is 1.14. The monoisotopic (exact) mass is 206 g/mol. The van der Waals surface area contributed by atoms with Crippen LogP contribution in [0.1, 0.15) is 12.8 Å². The molecule has 0 saturated carbocycles. The maximum Gasteiger partial charge on any atom is 0.503 e. The van der Waals surface area contributed by atoms with Gasteiger partial charge < -0.3 is 19.7 Å². The maximum absolute atomic E-state index is 10.6. The smallest absolute Gasteiger partial charge is 0.462 e. The Morgan fingerprint density at radius 1 is 1.00 bits per heavy atom. The zero-order valence-corrected chi connectivity index (χ0v) is 7.26. The Morgan fingerprint density at radius 2 is 1.29 bits per heavy atom. The lowest BCUT2D eigenvalue weighted by Gasteiger charge is -2.09. The van der Waals surface area contributed by atoms with Crippen molar-refractivity contribution in [2.45, 2.75) is 12.8 Å². The lowest BCUT2D eigenvalue weighted by molar-refractivity contribution is -0.158. The van der Waals surface area contributed by atoms with E-state index in [1.165, 1.54) is 0 Å². The van der Waals surface area contributed by atoms with Gasteiger partial charge >= 0.3 is 18.1 Å². The zero-order valence-electron chi connectivity index (χ0n) is 7.26. The summed E-state index contributed by atoms with van der Waals surface area (Å²) in [5, 5.41) is 13.9. The van der Waals surface area contributed by atoms with Crippen LogP contribution in [-0.4, -0.2) is 41.5 Å². The summed E-state index contributed by atoms with van der Waals surface area (Å²) in [7, 11) is 0. The lowest BCUT2D eigenvalue weighted by atomic mass is 10.3. The van der Waals surface area contributed by atoms with Crippen LogP contribution in [0, 0.1) is 0 Å². The van der Waals surface area contributed by atoms with E-state index < -0.39 is 6.16 Å². The van der Waals surface area contributed by atoms with Gasteiger partial charge in [0.15, 0.2) is 0 Å². The van der Waals surface area contributed by atoms with Crippen LogP contribution in [0.4, 0.5) is 4.79 Å². The first-order chi connectivity index (χ1) is 6.52. The summed E-state index contributed by atoms with van der Waals surface area (Å²) >= 11 is 0. The highest BCUT2D eigenvalue weighted by Crippen LogP contribution is 1.99. The molecular formula is C7H10O7. The van der Waals surface area contributed by atoms with Gasteiger partial charge in [0.05, 0.1) is 12.8 Å². The lowest BCUT2D eigenvalue weighted by Crippen LogP contribution is -2.18. The fourth-order valence-corrected chi connectivity index (χ4v) is 0.659. The van der Waals surface area contributed by atoms with Crippen molar-refractivity contribution in [2.24, 2.45) is 0 Å². The number of hydrogen-bond donors (Lipinski definition) is 2. The molecule has 0 spiro atoms. The quantitative estimate of drug-likeness (QED) is 0.540. The number of hydrogen-bond acceptors (Lipinski definition) is 5. The topological polar surface area (TPSA) is 110 Å². The number of ether oxygens (including phenoxy) is 2. The summed E-state index contributed by atoms with van der Waals surface area (Å²) in [5.41, 5.74) is 0. The molecule has 1 rings (SSSR count). The first-order valence-electron chi connectivity index (χ1n) is 3.75. The molecular weight excluding hydrogens is 196 g/mol. The fourth-order valence-electron chi connectivity index (χ4n) is 0.659. The van der Waals surface area contributed by atoms with Gasteiger partial charge in [-0.3, -0.25) is 9.59 Å². The molecule has 7 nitrogen and oxygen atoms in total. The largest absolute Gasteiger partial charge is 0.503 e. The first kappa shape index (κ1) is 12.2. The van der Waals surface area contributed by atoms with E-state index >= 15 is 0 Å². The number of carboxylic acid groups (broad SMARTS) is 2. The van der Waals surface area contributed by atoms with Crippen LogP contribution < -0.4 is 0 Å². The molecule has 7 heteroatoms. The Bertz CT molecular complexity index is 200. The highest BCUT2D eigenvalue weighted by molar-refractivity contribution is 5.78. The molecule has 0 amide bonds. The molecule has 1 fully saturated rings. The number of carbonyl (C=O) groups excluding carboxylic acids is 2. The predicted molar refractivity (Wildman–Crippen MR) is 41.8 cm³/mol. The van der Waals surface area contributed by atoms with Gasteiger partial charge in [0.1, 0.15) is 13.2 Å². The van der Waals surface area contributed by atoms with Crippen LogP contribution in [-0.2, 0) is 19.1 Å². The highest BCUT2D eigenvalue weighted by atomic mass is 16.6. The van der Waals surface area contributed by atoms with Crippen LogP contribution >= 0.6 is 0 Å². The van der Waals surface area contributed by atoms with Crippen molar-refractivity contribution in [3.8, 4) is 0 Å². The Hall–Kier alpha value is -1.79. The fraction of sp³-hybridized carbons (Fsp3) is 0.571. The SMILES string of the molecule is O=C(O)O.O=C1CCC(=O)OCCO1. The molecule has 1 aliphatic heterocycles. The molecule has 2 N–H and O–H groups in total. The van der Waals surface area contributed by atoms with Crippen LogP contribution in [0.15, 0.2) is 0 Å². The molecule has 0 aromatic rings. The summed E-state index contributed by atoms with van der Waals surface area (Å²) in [6, 6.07) is 0. The molecule has 0 aliphatic carbocycles. The standard InChI is InChI=1S/C6H8O4.CH2O3/c7-5-1-2-6(8)10-4-3-9-5;2-1(3)4/h1-4H2;(H2,2,3,4). The summed E-state index contributed by atoms with van der Waals surface area (Å²) < 4.78 is 9.23. The summed E-state index contributed by atoms with van der Waals surface area (Å²) in [4.78, 5) is 29.7. The van der Waals surface area contributed by atoms with Crippen molar-refractivity contribution in [1.29, 1.82) is 0 Å². The minimum Gasteiger partial charge on any atom is -0.462 e. The van der Waals surface area contributed by atoms with Gasteiger partial charge in [-0.05, 0) is 0 Å². The second kappa shape index (κ2) is 6.70. The van der Waals surface area contributed by atoms with Crippen molar-refractivity contribution in [3.63, 3.8) is 0 Å². The van der Waals surface area contributed by atoms with Crippen molar-refractivity contribution in [2.75, 3.05) is 13.2 Å². The van der Waals surface area contributed by atoms with Crippen molar-refractivity contribution < 1.29 is 34.1 Å². The predicted octanol–water partition coefficient (Wildman–Crippen LogP) is 0.0890. The van der Waals surface area contributed by atoms with E-state index in [0.29, 0.717) is 0 Å². The van der Waals surface area contributed by atoms with E-state index in [-0.39, 0.29) is 38.0 Å². The minimum atomic E-state index is -1.83. The molecule has 1 aliphatic rings. The number of cyclic esters (lactones) is 2. The highest BCUT2D eigenvalue weighted by Gasteiger charge is 2.12. The van der Waals surface area contributed by atoms with Crippen LogP contribution in [0.5, 0.6) is 0 Å². The molecule has 0 aromatic heterocycles. The van der Waals surface area contributed by atoms with Gasteiger partial charge in [0, 0.05) is 0 Å². The van der Waals surface area contributed by atoms with E-state index in [2.05, 4.69) is 9.47 Å². The Kier molecular flexibility index (Phi) is 5.84. The van der Waals surface area contributed by atoms with E-state index in [9.17, 15) is 9.59 Å². The minimum absolute atomic E-state index is 0.138. The van der Waals surface area contributed by atoms with Crippen LogP contribution in [0.25, 0.3) is 0 Å². The van der Waals surface area contributed by atoms with Crippen molar-refractivity contribution >= 4 is 18.1 Å². The van der Waals surface area contributed by atoms with Gasteiger partial charge in [-0.25, -0.2) is 4.79 Å². The summed E-state index contributed by atoms with van der Waals surface area (Å²) in [5.74, 6) is -0.645. The summed E-state index contributed by atoms with van der Waals surface area (Å²) in [6.07, 6.45) is -1.56. The summed E-state index contributed by atoms with van der Waals surface area (Å²) in [6.45, 7) is 0.370. The molecule has 1 heterocycles. The Morgan fingerprint density at radius 3 is 1.57 bits per heavy atom. The number of esters is 2. The number of carbonyl (C=O) groups is 3. The maximum atomic E-state index is 10.6. The first-order valence-corrected chi connectivity index (χ1v) is 3.75. The van der Waals surface area contributed by atoms with E-state index in [1.54, 1.807) is 0 Å². The Labute approximate surface area is 79.2 Å². The third kappa shape index (κ3) is 8.31. The van der Waals surface area contributed by atoms with Gasteiger partial charge in [0.25, 0.3) is 0 Å². The van der Waals surface area contributed by atoms with Gasteiger partial charge in [-0.1, -0.05) is 0 Å². The van der Waals surface area contributed by atoms with Crippen molar-refractivity contribution in [1.82, 2.24) is 0 Å². The average molecular weight is 206 g/mol. The average Bonchev–Trinajstić information content (AvgIpc) is 2.05. The normalized spacial score (nSPS) is 16.3. The molecule has 0 aromatic carbocycles. The molecule has 0 unspecified atom stereocenters. The molecule has 0 bridgehead atoms. The Balaban J connectivity index is 0.000000364. The second-order valence-electron chi connectivity index (χ2n) is 2.22. The molecule has 14 heavy (non-hydrogen) atoms. The van der Waals surface area contributed by atoms with Gasteiger partial charge in [0.2, 0.25) is 0 Å². The van der Waals surface area contributed by atoms with Crippen LogP contribution in [0.3, 0.4) is 0 Å². The van der Waals surface area contributed by atoms with E-state index in [1.807, 2.05) is 0 Å².